The van der Waals surface area contributed by atoms with Crippen molar-refractivity contribution in [3.63, 3.8) is 0 Å². The van der Waals surface area contributed by atoms with E-state index >= 15 is 0 Å². The van der Waals surface area contributed by atoms with Crippen molar-refractivity contribution in [3.8, 4) is 0 Å². The second kappa shape index (κ2) is 9.99. The summed E-state index contributed by atoms with van der Waals surface area (Å²) in [5.74, 6) is 1.63. The van der Waals surface area contributed by atoms with Crippen LogP contribution in [0.1, 0.15) is 27.2 Å². The Labute approximate surface area is 105 Å². The third kappa shape index (κ3) is 9.06. The van der Waals surface area contributed by atoms with Gasteiger partial charge in [-0.2, -0.15) is 11.8 Å². The van der Waals surface area contributed by atoms with Crippen LogP contribution < -0.4 is 5.48 Å². The molecule has 0 saturated heterocycles. The van der Waals surface area contributed by atoms with Crippen molar-refractivity contribution in [2.45, 2.75) is 33.2 Å². The smallest absolute Gasteiger partial charge is 0.335 e. The minimum atomic E-state index is -0.403. The Morgan fingerprint density at radius 3 is 2.56 bits per heavy atom. The Hall–Kier alpha value is -0.200. The Kier molecular flexibility index (Phi) is 9.86. The predicted octanol–water partition coefficient (Wildman–Crippen LogP) is 1.85. The van der Waals surface area contributed by atoms with Crippen LogP contribution in [-0.2, 0) is 14.4 Å². The van der Waals surface area contributed by atoms with Gasteiger partial charge in [-0.1, -0.05) is 25.6 Å². The molecule has 1 atom stereocenters. The summed E-state index contributed by atoms with van der Waals surface area (Å²) in [5.41, 5.74) is 2.73. The molecule has 1 unspecified atom stereocenters. The molecular weight excluding hydrogens is 246 g/mol. The largest absolute Gasteiger partial charge is 0.369 e. The summed E-state index contributed by atoms with van der Waals surface area (Å²) in [6.07, 6.45) is 0.903. The minimum absolute atomic E-state index is 0.0691. The van der Waals surface area contributed by atoms with E-state index in [9.17, 15) is 9.59 Å². The molecule has 0 aromatic heterocycles. The first-order valence-electron chi connectivity index (χ1n) is 5.26. The quantitative estimate of drug-likeness (QED) is 0.676. The normalized spacial score (nSPS) is 12.2. The van der Waals surface area contributed by atoms with Gasteiger partial charge in [0, 0.05) is 12.7 Å². The van der Waals surface area contributed by atoms with Gasteiger partial charge in [0.05, 0.1) is 6.04 Å². The standard InChI is InChI=1S/C10H19NO3S2/c1-4-9(6-15-5-2)11-14-10(13)7-16-8(3)12/h9,11H,4-7H2,1-3H3. The maximum atomic E-state index is 11.2. The van der Waals surface area contributed by atoms with Crippen LogP contribution >= 0.6 is 23.5 Å². The molecular formula is C10H19NO3S2. The van der Waals surface area contributed by atoms with Crippen molar-refractivity contribution < 1.29 is 14.4 Å². The summed E-state index contributed by atoms with van der Waals surface area (Å²) in [6, 6.07) is 0.177. The molecule has 0 aromatic rings. The fraction of sp³-hybridized carbons (Fsp3) is 0.800. The summed E-state index contributed by atoms with van der Waals surface area (Å²) in [4.78, 5) is 26.7. The number of hydrogen-bond donors (Lipinski definition) is 1. The highest BCUT2D eigenvalue weighted by Crippen LogP contribution is 2.05. The van der Waals surface area contributed by atoms with Crippen LogP contribution in [-0.4, -0.2) is 34.4 Å². The second-order valence-corrected chi connectivity index (χ2v) is 5.61. The molecule has 0 fully saturated rings. The molecule has 0 bridgehead atoms. The van der Waals surface area contributed by atoms with Crippen molar-refractivity contribution in [1.29, 1.82) is 0 Å². The van der Waals surface area contributed by atoms with Crippen LogP contribution in [0.3, 0.4) is 0 Å². The van der Waals surface area contributed by atoms with Crippen LogP contribution in [0.15, 0.2) is 0 Å². The highest BCUT2D eigenvalue weighted by molar-refractivity contribution is 8.14. The van der Waals surface area contributed by atoms with E-state index < -0.39 is 5.97 Å². The first-order chi connectivity index (χ1) is 7.60. The molecule has 94 valence electrons. The molecule has 0 radical (unpaired) electrons. The molecule has 0 amide bonds. The first kappa shape index (κ1) is 15.8. The lowest BCUT2D eigenvalue weighted by Crippen LogP contribution is -2.33. The second-order valence-electron chi connectivity index (χ2n) is 3.14. The third-order valence-electron chi connectivity index (χ3n) is 1.75. The molecule has 0 rings (SSSR count). The third-order valence-corrected chi connectivity index (χ3v) is 3.58. The SMILES string of the molecule is CCSCC(CC)NOC(=O)CSC(C)=O. The molecule has 0 saturated carbocycles. The summed E-state index contributed by atoms with van der Waals surface area (Å²) in [7, 11) is 0. The van der Waals surface area contributed by atoms with E-state index in [0.717, 1.165) is 29.7 Å². The van der Waals surface area contributed by atoms with Gasteiger partial charge in [0.2, 0.25) is 0 Å². The van der Waals surface area contributed by atoms with E-state index in [4.69, 9.17) is 4.84 Å². The predicted molar refractivity (Wildman–Crippen MR) is 69.4 cm³/mol. The van der Waals surface area contributed by atoms with Gasteiger partial charge in [-0.15, -0.1) is 5.48 Å². The van der Waals surface area contributed by atoms with Gasteiger partial charge < -0.3 is 4.84 Å². The van der Waals surface area contributed by atoms with Gasteiger partial charge >= 0.3 is 5.97 Å². The number of hydrogen-bond acceptors (Lipinski definition) is 6. The lowest BCUT2D eigenvalue weighted by atomic mass is 10.3. The summed E-state index contributed by atoms with van der Waals surface area (Å²) < 4.78 is 0. The molecule has 0 aromatic carbocycles. The average molecular weight is 265 g/mol. The van der Waals surface area contributed by atoms with E-state index in [2.05, 4.69) is 12.4 Å². The van der Waals surface area contributed by atoms with Crippen LogP contribution in [0.4, 0.5) is 0 Å². The minimum Gasteiger partial charge on any atom is -0.369 e. The summed E-state index contributed by atoms with van der Waals surface area (Å²) >= 11 is 2.76. The number of hydroxylamine groups is 1. The van der Waals surface area contributed by atoms with Crippen LogP contribution in [0.5, 0.6) is 0 Å². The Bertz CT molecular complexity index is 224. The summed E-state index contributed by atoms with van der Waals surface area (Å²) in [5, 5.41) is -0.0782. The Morgan fingerprint density at radius 1 is 1.38 bits per heavy atom. The molecule has 1 N–H and O–H groups in total. The highest BCUT2D eigenvalue weighted by Gasteiger charge is 2.10. The molecule has 0 heterocycles. The number of rotatable bonds is 8. The topological polar surface area (TPSA) is 55.4 Å². The van der Waals surface area contributed by atoms with Crippen LogP contribution in [0.2, 0.25) is 0 Å². The number of thioether (sulfide) groups is 2. The van der Waals surface area contributed by atoms with Gasteiger partial charge in [-0.3, -0.25) is 4.79 Å². The summed E-state index contributed by atoms with van der Waals surface area (Å²) in [6.45, 7) is 5.55. The number of nitrogens with one attached hydrogen (secondary N) is 1. The Morgan fingerprint density at radius 2 is 2.06 bits per heavy atom. The molecule has 6 heteroatoms. The Balaban J connectivity index is 3.66. The van der Waals surface area contributed by atoms with Crippen molar-refractivity contribution in [2.24, 2.45) is 0 Å². The number of carbonyl (C=O) groups excluding carboxylic acids is 2. The monoisotopic (exact) mass is 265 g/mol. The molecule has 0 aliphatic heterocycles. The maximum Gasteiger partial charge on any atom is 0.335 e. The van der Waals surface area contributed by atoms with Gasteiger partial charge in [0.1, 0.15) is 5.75 Å². The van der Waals surface area contributed by atoms with E-state index in [0.29, 0.717) is 0 Å². The zero-order chi connectivity index (χ0) is 12.4. The first-order valence-corrected chi connectivity index (χ1v) is 7.40. The van der Waals surface area contributed by atoms with E-state index in [1.807, 2.05) is 6.92 Å². The maximum absolute atomic E-state index is 11.2. The average Bonchev–Trinajstić information content (AvgIpc) is 2.26. The lowest BCUT2D eigenvalue weighted by molar-refractivity contribution is -0.149. The number of carbonyl (C=O) groups is 2. The van der Waals surface area contributed by atoms with E-state index in [-0.39, 0.29) is 16.9 Å². The zero-order valence-corrected chi connectivity index (χ0v) is 11.6. The fourth-order valence-corrected chi connectivity index (χ4v) is 2.04. The van der Waals surface area contributed by atoms with Crippen LogP contribution in [0, 0.1) is 0 Å². The fourth-order valence-electron chi connectivity index (χ4n) is 0.834. The zero-order valence-electron chi connectivity index (χ0n) is 9.95. The highest BCUT2D eigenvalue weighted by atomic mass is 32.2. The van der Waals surface area contributed by atoms with Gasteiger partial charge in [-0.25, -0.2) is 4.79 Å². The van der Waals surface area contributed by atoms with Gasteiger partial charge in [0.15, 0.2) is 5.12 Å². The van der Waals surface area contributed by atoms with Crippen molar-refractivity contribution in [3.05, 3.63) is 0 Å². The molecule has 0 aliphatic carbocycles. The van der Waals surface area contributed by atoms with E-state index in [1.54, 1.807) is 11.8 Å². The van der Waals surface area contributed by atoms with Crippen molar-refractivity contribution in [2.75, 3.05) is 17.3 Å². The van der Waals surface area contributed by atoms with Gasteiger partial charge in [0.25, 0.3) is 0 Å². The van der Waals surface area contributed by atoms with Gasteiger partial charge in [-0.05, 0) is 12.2 Å². The van der Waals surface area contributed by atoms with E-state index in [1.165, 1.54) is 6.92 Å². The molecule has 0 aliphatic rings. The molecule has 4 nitrogen and oxygen atoms in total. The van der Waals surface area contributed by atoms with Crippen LogP contribution in [0.25, 0.3) is 0 Å². The molecule has 0 spiro atoms. The van der Waals surface area contributed by atoms with Crippen molar-refractivity contribution in [1.82, 2.24) is 5.48 Å². The lowest BCUT2D eigenvalue weighted by Gasteiger charge is -2.15. The van der Waals surface area contributed by atoms with Crippen molar-refractivity contribution >= 4 is 34.6 Å². The molecule has 16 heavy (non-hydrogen) atoms.